The molecule has 1 saturated heterocycles. The van der Waals surface area contributed by atoms with Crippen molar-refractivity contribution in [2.45, 2.75) is 32.6 Å². The van der Waals surface area contributed by atoms with Crippen LogP contribution in [0.3, 0.4) is 0 Å². The maximum absolute atomic E-state index is 12.0. The number of aryl methyl sites for hydroxylation is 1. The molecule has 1 aromatic heterocycles. The molecule has 6 nitrogen and oxygen atoms in total. The Morgan fingerprint density at radius 2 is 2.00 bits per heavy atom. The fraction of sp³-hybridized carbons (Fsp3) is 0.500. The first-order valence-corrected chi connectivity index (χ1v) is 9.49. The third kappa shape index (κ3) is 3.45. The van der Waals surface area contributed by atoms with E-state index in [1.165, 1.54) is 9.87 Å². The monoisotopic (exact) mass is 335 g/mol. The van der Waals surface area contributed by atoms with Crippen LogP contribution in [0.25, 0.3) is 11.5 Å². The third-order valence-corrected chi connectivity index (χ3v) is 6.08. The van der Waals surface area contributed by atoms with Crippen LogP contribution in [-0.4, -0.2) is 41.8 Å². The van der Waals surface area contributed by atoms with E-state index in [-0.39, 0.29) is 11.7 Å². The van der Waals surface area contributed by atoms with Crippen molar-refractivity contribution >= 4 is 10.0 Å². The minimum atomic E-state index is -3.17. The molecule has 7 heteroatoms. The van der Waals surface area contributed by atoms with Crippen molar-refractivity contribution in [1.82, 2.24) is 14.5 Å². The summed E-state index contributed by atoms with van der Waals surface area (Å²) in [5, 5.41) is 8.26. The first-order chi connectivity index (χ1) is 11.0. The molecule has 0 N–H and O–H groups in total. The first kappa shape index (κ1) is 16.1. The molecule has 0 aliphatic carbocycles. The van der Waals surface area contributed by atoms with Crippen LogP contribution in [0.15, 0.2) is 28.7 Å². The summed E-state index contributed by atoms with van der Waals surface area (Å²) in [6.45, 7) is 4.69. The predicted molar refractivity (Wildman–Crippen MR) is 87.5 cm³/mol. The lowest BCUT2D eigenvalue weighted by Gasteiger charge is -2.29. The van der Waals surface area contributed by atoms with Crippen LogP contribution in [0, 0.1) is 6.92 Å². The maximum Gasteiger partial charge on any atom is 0.247 e. The number of sulfonamides is 1. The van der Waals surface area contributed by atoms with E-state index in [2.05, 4.69) is 10.2 Å². The van der Waals surface area contributed by atoms with E-state index < -0.39 is 10.0 Å². The summed E-state index contributed by atoms with van der Waals surface area (Å²) >= 11 is 0. The highest BCUT2D eigenvalue weighted by molar-refractivity contribution is 7.89. The minimum Gasteiger partial charge on any atom is -0.420 e. The molecule has 2 heterocycles. The van der Waals surface area contributed by atoms with Gasteiger partial charge < -0.3 is 4.42 Å². The van der Waals surface area contributed by atoms with Gasteiger partial charge in [0.25, 0.3) is 0 Å². The van der Waals surface area contributed by atoms with Crippen molar-refractivity contribution < 1.29 is 12.8 Å². The van der Waals surface area contributed by atoms with E-state index in [9.17, 15) is 8.42 Å². The number of rotatable bonds is 4. The molecule has 0 radical (unpaired) electrons. The predicted octanol–water partition coefficient (Wildman–Crippen LogP) is 2.57. The SMILES string of the molecule is CCS(=O)(=O)N1CCCC(c2nnc(-c3ccc(C)cc3)o2)C1. The average Bonchev–Trinajstić information content (AvgIpc) is 3.06. The van der Waals surface area contributed by atoms with Crippen molar-refractivity contribution in [2.75, 3.05) is 18.8 Å². The fourth-order valence-electron chi connectivity index (χ4n) is 2.79. The summed E-state index contributed by atoms with van der Waals surface area (Å²) in [5.41, 5.74) is 2.05. The molecular weight excluding hydrogens is 314 g/mol. The normalized spacial score (nSPS) is 19.8. The zero-order valence-corrected chi connectivity index (χ0v) is 14.2. The van der Waals surface area contributed by atoms with E-state index in [4.69, 9.17) is 4.42 Å². The zero-order valence-electron chi connectivity index (χ0n) is 13.4. The molecule has 0 saturated carbocycles. The summed E-state index contributed by atoms with van der Waals surface area (Å²) in [4.78, 5) is 0. The molecule has 1 aliphatic rings. The molecule has 1 fully saturated rings. The van der Waals surface area contributed by atoms with Crippen LogP contribution in [0.2, 0.25) is 0 Å². The highest BCUT2D eigenvalue weighted by atomic mass is 32.2. The van der Waals surface area contributed by atoms with Crippen LogP contribution in [0.5, 0.6) is 0 Å². The van der Waals surface area contributed by atoms with E-state index in [0.29, 0.717) is 24.9 Å². The van der Waals surface area contributed by atoms with Gasteiger partial charge in [-0.1, -0.05) is 17.7 Å². The van der Waals surface area contributed by atoms with Crippen molar-refractivity contribution in [3.05, 3.63) is 35.7 Å². The number of benzene rings is 1. The lowest BCUT2D eigenvalue weighted by molar-refractivity contribution is 0.286. The van der Waals surface area contributed by atoms with E-state index >= 15 is 0 Å². The largest absolute Gasteiger partial charge is 0.420 e. The van der Waals surface area contributed by atoms with E-state index in [1.807, 2.05) is 31.2 Å². The Hall–Kier alpha value is -1.73. The summed E-state index contributed by atoms with van der Waals surface area (Å²) in [6.07, 6.45) is 1.68. The minimum absolute atomic E-state index is 0.0308. The maximum atomic E-state index is 12.0. The molecule has 1 atom stereocenters. The van der Waals surface area contributed by atoms with Gasteiger partial charge in [0.15, 0.2) is 0 Å². The number of nitrogens with zero attached hydrogens (tertiary/aromatic N) is 3. The average molecular weight is 335 g/mol. The van der Waals surface area contributed by atoms with Crippen molar-refractivity contribution in [3.8, 4) is 11.5 Å². The van der Waals surface area contributed by atoms with Gasteiger partial charge in [0.05, 0.1) is 11.7 Å². The molecule has 2 aromatic rings. The summed E-state index contributed by atoms with van der Waals surface area (Å²) in [6, 6.07) is 7.88. The van der Waals surface area contributed by atoms with Gasteiger partial charge >= 0.3 is 0 Å². The second-order valence-electron chi connectivity index (χ2n) is 5.91. The van der Waals surface area contributed by atoms with E-state index in [1.54, 1.807) is 6.92 Å². The summed E-state index contributed by atoms with van der Waals surface area (Å²) in [7, 11) is -3.17. The molecular formula is C16H21N3O3S. The number of piperidine rings is 1. The smallest absolute Gasteiger partial charge is 0.247 e. The zero-order chi connectivity index (χ0) is 16.4. The quantitative estimate of drug-likeness (QED) is 0.858. The second-order valence-corrected chi connectivity index (χ2v) is 8.17. The molecule has 0 bridgehead atoms. The van der Waals surface area contributed by atoms with Gasteiger partial charge in [0, 0.05) is 18.7 Å². The van der Waals surface area contributed by atoms with Crippen LogP contribution in [-0.2, 0) is 10.0 Å². The molecule has 3 rings (SSSR count). The molecule has 0 spiro atoms. The molecule has 0 amide bonds. The highest BCUT2D eigenvalue weighted by Crippen LogP contribution is 2.29. The summed E-state index contributed by atoms with van der Waals surface area (Å²) in [5.74, 6) is 1.10. The summed E-state index contributed by atoms with van der Waals surface area (Å²) < 4.78 is 31.4. The first-order valence-electron chi connectivity index (χ1n) is 7.88. The Balaban J connectivity index is 1.79. The van der Waals surface area contributed by atoms with Gasteiger partial charge in [-0.25, -0.2) is 12.7 Å². The van der Waals surface area contributed by atoms with Gasteiger partial charge in [0.2, 0.25) is 21.8 Å². The Labute approximate surface area is 136 Å². The molecule has 1 unspecified atom stereocenters. The lowest BCUT2D eigenvalue weighted by Crippen LogP contribution is -2.39. The van der Waals surface area contributed by atoms with E-state index in [0.717, 1.165) is 18.4 Å². The number of hydrogen-bond acceptors (Lipinski definition) is 5. The van der Waals surface area contributed by atoms with Gasteiger partial charge in [-0.05, 0) is 38.8 Å². The number of aromatic nitrogens is 2. The third-order valence-electron chi connectivity index (χ3n) is 4.23. The van der Waals surface area contributed by atoms with Crippen LogP contribution < -0.4 is 0 Å². The molecule has 1 aromatic carbocycles. The van der Waals surface area contributed by atoms with Crippen LogP contribution >= 0.6 is 0 Å². The highest BCUT2D eigenvalue weighted by Gasteiger charge is 2.31. The van der Waals surface area contributed by atoms with Crippen molar-refractivity contribution in [3.63, 3.8) is 0 Å². The van der Waals surface area contributed by atoms with Crippen LogP contribution in [0.1, 0.15) is 37.1 Å². The molecule has 23 heavy (non-hydrogen) atoms. The van der Waals surface area contributed by atoms with Crippen molar-refractivity contribution in [1.29, 1.82) is 0 Å². The number of hydrogen-bond donors (Lipinski definition) is 0. The Morgan fingerprint density at radius 1 is 1.26 bits per heavy atom. The second kappa shape index (κ2) is 6.41. The van der Waals surface area contributed by atoms with Gasteiger partial charge in [-0.2, -0.15) is 0 Å². The standard InChI is InChI=1S/C16H21N3O3S/c1-3-23(20,21)19-10-4-5-14(11-19)16-18-17-15(22-16)13-8-6-12(2)7-9-13/h6-9,14H,3-5,10-11H2,1-2H3. The Kier molecular flexibility index (Phi) is 4.50. The van der Waals surface area contributed by atoms with Gasteiger partial charge in [-0.3, -0.25) is 0 Å². The fourth-order valence-corrected chi connectivity index (χ4v) is 3.97. The Bertz CT molecular complexity index is 768. The van der Waals surface area contributed by atoms with Crippen LogP contribution in [0.4, 0.5) is 0 Å². The lowest BCUT2D eigenvalue weighted by atomic mass is 10.00. The Morgan fingerprint density at radius 3 is 2.70 bits per heavy atom. The molecule has 124 valence electrons. The van der Waals surface area contributed by atoms with Gasteiger partial charge in [-0.15, -0.1) is 10.2 Å². The molecule has 1 aliphatic heterocycles. The van der Waals surface area contributed by atoms with Crippen molar-refractivity contribution in [2.24, 2.45) is 0 Å². The van der Waals surface area contributed by atoms with Gasteiger partial charge in [0.1, 0.15) is 0 Å². The topological polar surface area (TPSA) is 76.3 Å².